The minimum atomic E-state index is -3.57. The number of rotatable bonds is 4. The Morgan fingerprint density at radius 1 is 0.923 bits per heavy atom. The first-order chi connectivity index (χ1) is 12.4. The molecule has 0 N–H and O–H groups in total. The van der Waals surface area contributed by atoms with Crippen molar-refractivity contribution in [1.82, 2.24) is 9.21 Å². The van der Waals surface area contributed by atoms with Crippen LogP contribution in [0, 0.1) is 0 Å². The topological polar surface area (TPSA) is 97.8 Å². The molecule has 7 nitrogen and oxygen atoms in total. The molecule has 0 unspecified atom stereocenters. The molecular weight excluding hydrogens is 356 g/mol. The Kier molecular flexibility index (Phi) is 5.62. The molecule has 1 aromatic carbocycles. The Labute approximate surface area is 153 Å². The summed E-state index contributed by atoms with van der Waals surface area (Å²) in [5.41, 5.74) is 0.285. The number of aliphatic carboxylic acids is 1. The molecule has 0 aliphatic carbocycles. The molecule has 0 radical (unpaired) electrons. The first kappa shape index (κ1) is 18.8. The summed E-state index contributed by atoms with van der Waals surface area (Å²) in [5.74, 6) is -1.66. The minimum Gasteiger partial charge on any atom is -0.548 e. The number of hydrogen-bond acceptors (Lipinski definition) is 5. The number of benzene rings is 1. The predicted octanol–water partition coefficient (Wildman–Crippen LogP) is 0.606. The summed E-state index contributed by atoms with van der Waals surface area (Å²) in [7, 11) is -3.57. The van der Waals surface area contributed by atoms with Gasteiger partial charge in [0.15, 0.2) is 0 Å². The molecule has 1 amide bonds. The summed E-state index contributed by atoms with van der Waals surface area (Å²) in [5, 5.41) is 11.1. The molecule has 8 heteroatoms. The Hall–Kier alpha value is -1.93. The van der Waals surface area contributed by atoms with E-state index in [2.05, 4.69) is 0 Å². The number of amides is 1. The highest BCUT2D eigenvalue weighted by Gasteiger charge is 2.31. The molecule has 26 heavy (non-hydrogen) atoms. The summed E-state index contributed by atoms with van der Waals surface area (Å²) in [6.07, 6.45) is 4.79. The van der Waals surface area contributed by atoms with E-state index in [1.54, 1.807) is 0 Å². The molecule has 142 valence electrons. The van der Waals surface area contributed by atoms with Gasteiger partial charge in [-0.3, -0.25) is 4.79 Å². The summed E-state index contributed by atoms with van der Waals surface area (Å²) in [6.45, 7) is 1.40. The number of carboxylic acids is 1. The summed E-state index contributed by atoms with van der Waals surface area (Å²) < 4.78 is 27.0. The van der Waals surface area contributed by atoms with Crippen LogP contribution in [-0.2, 0) is 14.8 Å². The maximum atomic E-state index is 12.8. The van der Waals surface area contributed by atoms with Gasteiger partial charge in [0.2, 0.25) is 10.0 Å². The lowest BCUT2D eigenvalue weighted by molar-refractivity contribution is -0.310. The van der Waals surface area contributed by atoms with Crippen LogP contribution in [-0.4, -0.2) is 55.2 Å². The molecule has 3 rings (SSSR count). The molecule has 1 atom stereocenters. The van der Waals surface area contributed by atoms with E-state index in [-0.39, 0.29) is 10.5 Å². The van der Waals surface area contributed by atoms with Crippen molar-refractivity contribution in [1.29, 1.82) is 0 Å². The largest absolute Gasteiger partial charge is 0.548 e. The summed E-state index contributed by atoms with van der Waals surface area (Å²) in [6, 6.07) is 4.85. The second-order valence-electron chi connectivity index (χ2n) is 6.82. The van der Waals surface area contributed by atoms with Gasteiger partial charge in [0, 0.05) is 25.2 Å². The lowest BCUT2D eigenvalue weighted by atomic mass is 10.1. The third-order valence-corrected chi connectivity index (χ3v) is 7.00. The first-order valence-electron chi connectivity index (χ1n) is 9.03. The highest BCUT2D eigenvalue weighted by atomic mass is 32.2. The highest BCUT2D eigenvalue weighted by molar-refractivity contribution is 7.89. The predicted molar refractivity (Wildman–Crippen MR) is 92.7 cm³/mol. The standard InChI is InChI=1S/C18H24N2O5S/c21-17(20-13-5-6-16(20)18(22)23)14-7-9-15(10-8-14)26(24,25)19-11-3-1-2-4-12-19/h7-10,16H,1-6,11-13H2,(H,22,23)/p-1/t16-/m1/s1. The van der Waals surface area contributed by atoms with Gasteiger partial charge in [-0.1, -0.05) is 12.8 Å². The van der Waals surface area contributed by atoms with Crippen LogP contribution >= 0.6 is 0 Å². The first-order valence-corrected chi connectivity index (χ1v) is 10.5. The number of hydrogen-bond donors (Lipinski definition) is 0. The van der Waals surface area contributed by atoms with Gasteiger partial charge in [-0.05, 0) is 49.9 Å². The number of carbonyl (C=O) groups is 2. The van der Waals surface area contributed by atoms with E-state index in [0.717, 1.165) is 25.7 Å². The van der Waals surface area contributed by atoms with Crippen LogP contribution in [0.15, 0.2) is 29.2 Å². The second-order valence-corrected chi connectivity index (χ2v) is 8.76. The monoisotopic (exact) mass is 379 g/mol. The average Bonchev–Trinajstić information content (AvgIpc) is 2.96. The lowest BCUT2D eigenvalue weighted by Gasteiger charge is -2.25. The average molecular weight is 379 g/mol. The van der Waals surface area contributed by atoms with Crippen molar-refractivity contribution < 1.29 is 23.1 Å². The zero-order chi connectivity index (χ0) is 18.7. The van der Waals surface area contributed by atoms with Crippen LogP contribution < -0.4 is 5.11 Å². The van der Waals surface area contributed by atoms with Gasteiger partial charge < -0.3 is 14.8 Å². The SMILES string of the molecule is O=C([O-])[C@H]1CCCN1C(=O)c1ccc(S(=O)(=O)N2CCCCCC2)cc1. The molecule has 0 spiro atoms. The van der Waals surface area contributed by atoms with Gasteiger partial charge in [0.25, 0.3) is 5.91 Å². The quantitative estimate of drug-likeness (QED) is 0.763. The summed E-state index contributed by atoms with van der Waals surface area (Å²) in [4.78, 5) is 25.1. The number of carbonyl (C=O) groups excluding carboxylic acids is 2. The van der Waals surface area contributed by atoms with Crippen LogP contribution in [0.5, 0.6) is 0 Å². The molecule has 2 aliphatic rings. The lowest BCUT2D eigenvalue weighted by Crippen LogP contribution is -2.47. The van der Waals surface area contributed by atoms with Gasteiger partial charge in [-0.2, -0.15) is 4.31 Å². The molecule has 2 fully saturated rings. The number of carboxylic acid groups (broad SMARTS) is 1. The van der Waals surface area contributed by atoms with E-state index in [4.69, 9.17) is 0 Å². The van der Waals surface area contributed by atoms with E-state index >= 15 is 0 Å². The Balaban J connectivity index is 1.77. The van der Waals surface area contributed by atoms with E-state index in [0.29, 0.717) is 32.5 Å². The van der Waals surface area contributed by atoms with E-state index < -0.39 is 27.9 Å². The van der Waals surface area contributed by atoms with Crippen molar-refractivity contribution in [2.75, 3.05) is 19.6 Å². The molecule has 0 bridgehead atoms. The Morgan fingerprint density at radius 3 is 2.12 bits per heavy atom. The van der Waals surface area contributed by atoms with Crippen LogP contribution in [0.25, 0.3) is 0 Å². The smallest absolute Gasteiger partial charge is 0.254 e. The van der Waals surface area contributed by atoms with E-state index in [1.807, 2.05) is 0 Å². The summed E-state index contributed by atoms with van der Waals surface area (Å²) >= 11 is 0. The number of likely N-dealkylation sites (tertiary alicyclic amines) is 1. The fraction of sp³-hybridized carbons (Fsp3) is 0.556. The molecule has 2 saturated heterocycles. The maximum absolute atomic E-state index is 12.8. The molecular formula is C18H23N2O5S-. The molecule has 0 aromatic heterocycles. The highest BCUT2D eigenvalue weighted by Crippen LogP contribution is 2.23. The Bertz CT molecular complexity index is 767. The molecule has 2 aliphatic heterocycles. The van der Waals surface area contributed by atoms with Gasteiger partial charge in [-0.25, -0.2) is 8.42 Å². The zero-order valence-electron chi connectivity index (χ0n) is 14.6. The van der Waals surface area contributed by atoms with Crippen molar-refractivity contribution in [3.63, 3.8) is 0 Å². The van der Waals surface area contributed by atoms with Gasteiger partial charge in [0.1, 0.15) is 0 Å². The number of nitrogens with zero attached hydrogens (tertiary/aromatic N) is 2. The molecule has 0 saturated carbocycles. The van der Waals surface area contributed by atoms with Crippen molar-refractivity contribution >= 4 is 21.9 Å². The van der Waals surface area contributed by atoms with Crippen molar-refractivity contribution in [3.8, 4) is 0 Å². The molecule has 2 heterocycles. The van der Waals surface area contributed by atoms with Crippen molar-refractivity contribution in [2.45, 2.75) is 49.5 Å². The maximum Gasteiger partial charge on any atom is 0.254 e. The molecule has 1 aromatic rings. The fourth-order valence-electron chi connectivity index (χ4n) is 3.62. The van der Waals surface area contributed by atoms with Crippen LogP contribution in [0.4, 0.5) is 0 Å². The number of sulfonamides is 1. The third kappa shape index (κ3) is 3.76. The van der Waals surface area contributed by atoms with Crippen LogP contribution in [0.3, 0.4) is 0 Å². The second kappa shape index (κ2) is 7.75. The van der Waals surface area contributed by atoms with Gasteiger partial charge in [-0.15, -0.1) is 0 Å². The van der Waals surface area contributed by atoms with Gasteiger partial charge in [0.05, 0.1) is 16.9 Å². The Morgan fingerprint density at radius 2 is 1.54 bits per heavy atom. The van der Waals surface area contributed by atoms with Crippen molar-refractivity contribution in [2.24, 2.45) is 0 Å². The van der Waals surface area contributed by atoms with E-state index in [9.17, 15) is 23.1 Å². The van der Waals surface area contributed by atoms with Crippen LogP contribution in [0.2, 0.25) is 0 Å². The van der Waals surface area contributed by atoms with E-state index in [1.165, 1.54) is 33.5 Å². The third-order valence-electron chi connectivity index (χ3n) is 5.09. The van der Waals surface area contributed by atoms with Crippen LogP contribution in [0.1, 0.15) is 48.9 Å². The zero-order valence-corrected chi connectivity index (χ0v) is 15.4. The van der Waals surface area contributed by atoms with Crippen molar-refractivity contribution in [3.05, 3.63) is 29.8 Å². The fourth-order valence-corrected chi connectivity index (χ4v) is 5.14. The normalized spacial score (nSPS) is 22.2. The van der Waals surface area contributed by atoms with Gasteiger partial charge >= 0.3 is 0 Å². The minimum absolute atomic E-state index is 0.161.